The molecule has 2 N–H and O–H groups in total. The third-order valence-electron chi connectivity index (χ3n) is 5.49. The maximum absolute atomic E-state index is 5.97. The van der Waals surface area contributed by atoms with Crippen molar-refractivity contribution >= 4 is 11.0 Å². The molecule has 0 spiro atoms. The lowest BCUT2D eigenvalue weighted by Crippen LogP contribution is -2.19. The van der Waals surface area contributed by atoms with Crippen molar-refractivity contribution in [1.29, 1.82) is 0 Å². The second kappa shape index (κ2) is 4.32. The monoisotopic (exact) mass is 269 g/mol. The highest BCUT2D eigenvalue weighted by Crippen LogP contribution is 2.47. The molecule has 0 saturated heterocycles. The van der Waals surface area contributed by atoms with Crippen LogP contribution in [-0.2, 0) is 12.5 Å². The fourth-order valence-electron chi connectivity index (χ4n) is 3.85. The number of fused-ring (bicyclic) bond motifs is 1. The minimum atomic E-state index is 0.270. The van der Waals surface area contributed by atoms with E-state index in [9.17, 15) is 0 Å². The van der Waals surface area contributed by atoms with Gasteiger partial charge in [-0.1, -0.05) is 18.9 Å². The van der Waals surface area contributed by atoms with Gasteiger partial charge in [-0.2, -0.15) is 0 Å². The molecule has 0 radical (unpaired) electrons. The lowest BCUT2D eigenvalue weighted by molar-refractivity contribution is 0.639. The number of nitrogens with two attached hydrogens (primary N) is 1. The molecule has 3 nitrogen and oxygen atoms in total. The molecule has 20 heavy (non-hydrogen) atoms. The Morgan fingerprint density at radius 1 is 1.30 bits per heavy atom. The van der Waals surface area contributed by atoms with Gasteiger partial charge in [0.05, 0.1) is 11.0 Å². The fourth-order valence-corrected chi connectivity index (χ4v) is 3.85. The van der Waals surface area contributed by atoms with Crippen LogP contribution in [0.3, 0.4) is 0 Å². The molecule has 2 aromatic rings. The number of imidazole rings is 1. The molecule has 2 aliphatic carbocycles. The first-order chi connectivity index (χ1) is 9.73. The topological polar surface area (TPSA) is 43.8 Å². The van der Waals surface area contributed by atoms with Crippen molar-refractivity contribution in [3.8, 4) is 0 Å². The summed E-state index contributed by atoms with van der Waals surface area (Å²) in [4.78, 5) is 4.90. The highest BCUT2D eigenvalue weighted by atomic mass is 15.1. The average molecular weight is 269 g/mol. The van der Waals surface area contributed by atoms with Crippen LogP contribution < -0.4 is 5.73 Å². The van der Waals surface area contributed by atoms with Gasteiger partial charge in [-0.05, 0) is 43.4 Å². The van der Waals surface area contributed by atoms with E-state index in [1.807, 2.05) is 0 Å². The van der Waals surface area contributed by atoms with Crippen molar-refractivity contribution in [1.82, 2.24) is 9.55 Å². The van der Waals surface area contributed by atoms with Crippen LogP contribution in [0.15, 0.2) is 18.2 Å². The third-order valence-corrected chi connectivity index (χ3v) is 5.49. The van der Waals surface area contributed by atoms with Crippen molar-refractivity contribution in [3.63, 3.8) is 0 Å². The van der Waals surface area contributed by atoms with Gasteiger partial charge >= 0.3 is 0 Å². The molecular weight excluding hydrogens is 246 g/mol. The number of rotatable bonds is 3. The zero-order chi connectivity index (χ0) is 13.7. The Labute approximate surface area is 120 Å². The Hall–Kier alpha value is -1.35. The van der Waals surface area contributed by atoms with Gasteiger partial charge in [0.25, 0.3) is 0 Å². The highest BCUT2D eigenvalue weighted by Gasteiger charge is 2.43. The molecule has 4 rings (SSSR count). The van der Waals surface area contributed by atoms with Gasteiger partial charge in [0.1, 0.15) is 5.82 Å². The van der Waals surface area contributed by atoms with Crippen LogP contribution in [0.1, 0.15) is 55.8 Å². The smallest absolute Gasteiger partial charge is 0.112 e. The van der Waals surface area contributed by atoms with E-state index in [1.165, 1.54) is 55.4 Å². The standard InChI is InChI=1S/C17H23N3/c1-20-15-10-13(17(11-18)8-9-17)6-7-14(15)19-16(20)12-4-2-3-5-12/h6-7,10,12H,2-5,8-9,11,18H2,1H3. The zero-order valence-electron chi connectivity index (χ0n) is 12.2. The SMILES string of the molecule is Cn1c(C2CCCC2)nc2ccc(C3(CN)CC3)cc21. The summed E-state index contributed by atoms with van der Waals surface area (Å²) in [5.74, 6) is 1.95. The van der Waals surface area contributed by atoms with Crippen LogP contribution in [0, 0.1) is 0 Å². The molecule has 1 aromatic carbocycles. The quantitative estimate of drug-likeness (QED) is 0.929. The maximum Gasteiger partial charge on any atom is 0.112 e. The Balaban J connectivity index is 1.80. The summed E-state index contributed by atoms with van der Waals surface area (Å²) in [6.45, 7) is 0.770. The zero-order valence-corrected chi connectivity index (χ0v) is 12.2. The molecule has 0 atom stereocenters. The van der Waals surface area contributed by atoms with Crippen molar-refractivity contribution in [2.75, 3.05) is 6.54 Å². The third kappa shape index (κ3) is 1.72. The lowest BCUT2D eigenvalue weighted by atomic mass is 9.96. The Kier molecular flexibility index (Phi) is 2.68. The molecule has 106 valence electrons. The van der Waals surface area contributed by atoms with Crippen LogP contribution in [0.4, 0.5) is 0 Å². The van der Waals surface area contributed by atoms with Crippen molar-refractivity contribution in [2.24, 2.45) is 12.8 Å². The van der Waals surface area contributed by atoms with Gasteiger partial charge < -0.3 is 10.3 Å². The van der Waals surface area contributed by atoms with Gasteiger partial charge in [-0.3, -0.25) is 0 Å². The van der Waals surface area contributed by atoms with Crippen molar-refractivity contribution in [3.05, 3.63) is 29.6 Å². The molecule has 0 unspecified atom stereocenters. The van der Waals surface area contributed by atoms with E-state index in [-0.39, 0.29) is 5.41 Å². The number of nitrogens with zero attached hydrogens (tertiary/aromatic N) is 2. The predicted molar refractivity (Wildman–Crippen MR) is 81.9 cm³/mol. The lowest BCUT2D eigenvalue weighted by Gasteiger charge is -2.13. The number of aryl methyl sites for hydroxylation is 1. The molecule has 0 bridgehead atoms. The van der Waals surface area contributed by atoms with Gasteiger partial charge in [0, 0.05) is 24.9 Å². The van der Waals surface area contributed by atoms with Crippen LogP contribution in [-0.4, -0.2) is 16.1 Å². The molecular formula is C17H23N3. The van der Waals surface area contributed by atoms with Gasteiger partial charge in [0.2, 0.25) is 0 Å². The summed E-state index contributed by atoms with van der Waals surface area (Å²) in [5, 5.41) is 0. The maximum atomic E-state index is 5.97. The summed E-state index contributed by atoms with van der Waals surface area (Å²) < 4.78 is 2.32. The fraction of sp³-hybridized carbons (Fsp3) is 0.588. The minimum absolute atomic E-state index is 0.270. The van der Waals surface area contributed by atoms with E-state index in [0.29, 0.717) is 5.92 Å². The molecule has 0 aliphatic heterocycles. The van der Waals surface area contributed by atoms with Gasteiger partial charge in [-0.15, -0.1) is 0 Å². The number of hydrogen-bond donors (Lipinski definition) is 1. The van der Waals surface area contributed by atoms with Gasteiger partial charge in [-0.25, -0.2) is 4.98 Å². The van der Waals surface area contributed by atoms with E-state index in [2.05, 4.69) is 29.8 Å². The molecule has 1 aromatic heterocycles. The van der Waals surface area contributed by atoms with E-state index in [0.717, 1.165) is 12.1 Å². The predicted octanol–water partition coefficient (Wildman–Crippen LogP) is 3.22. The second-order valence-electron chi connectivity index (χ2n) is 6.70. The van der Waals surface area contributed by atoms with Gasteiger partial charge in [0.15, 0.2) is 0 Å². The number of hydrogen-bond acceptors (Lipinski definition) is 2. The molecule has 2 aliphatic rings. The first-order valence-electron chi connectivity index (χ1n) is 7.90. The van der Waals surface area contributed by atoms with Crippen molar-refractivity contribution < 1.29 is 0 Å². The Morgan fingerprint density at radius 3 is 2.70 bits per heavy atom. The summed E-state index contributed by atoms with van der Waals surface area (Å²) in [6, 6.07) is 6.77. The molecule has 3 heteroatoms. The first-order valence-corrected chi connectivity index (χ1v) is 7.90. The molecule has 2 saturated carbocycles. The van der Waals surface area contributed by atoms with E-state index >= 15 is 0 Å². The largest absolute Gasteiger partial charge is 0.331 e. The van der Waals surface area contributed by atoms with E-state index < -0.39 is 0 Å². The highest BCUT2D eigenvalue weighted by molar-refractivity contribution is 5.77. The number of benzene rings is 1. The first kappa shape index (κ1) is 12.4. The van der Waals surface area contributed by atoms with Crippen LogP contribution in [0.2, 0.25) is 0 Å². The van der Waals surface area contributed by atoms with Crippen LogP contribution in [0.5, 0.6) is 0 Å². The van der Waals surface area contributed by atoms with Crippen LogP contribution in [0.25, 0.3) is 11.0 Å². The van der Waals surface area contributed by atoms with Crippen molar-refractivity contribution in [2.45, 2.75) is 49.9 Å². The normalized spacial score (nSPS) is 21.7. The summed E-state index contributed by atoms with van der Waals surface area (Å²) in [7, 11) is 2.18. The minimum Gasteiger partial charge on any atom is -0.331 e. The summed E-state index contributed by atoms with van der Waals surface area (Å²) in [5.41, 5.74) is 10.1. The van der Waals surface area contributed by atoms with Crippen LogP contribution >= 0.6 is 0 Å². The summed E-state index contributed by atoms with van der Waals surface area (Å²) >= 11 is 0. The van der Waals surface area contributed by atoms with E-state index in [4.69, 9.17) is 10.7 Å². The number of aromatic nitrogens is 2. The van der Waals surface area contributed by atoms with E-state index in [1.54, 1.807) is 0 Å². The summed E-state index contributed by atoms with van der Waals surface area (Å²) in [6.07, 6.45) is 7.79. The molecule has 1 heterocycles. The Morgan fingerprint density at radius 2 is 2.05 bits per heavy atom. The molecule has 0 amide bonds. The Bertz CT molecular complexity index is 646. The molecule has 2 fully saturated rings. The second-order valence-corrected chi connectivity index (χ2v) is 6.70. The average Bonchev–Trinajstić information content (AvgIpc) is 2.95.